The summed E-state index contributed by atoms with van der Waals surface area (Å²) in [6.07, 6.45) is 2.73. The average Bonchev–Trinajstić information content (AvgIpc) is 2.66. The standard InChI is InChI=1S/C19H17ClN2O5/c20-13-8-9-17(22(25)26)15(10-13)19(24)27-11-18(23)21-16-7-3-5-12-4-1-2-6-14(12)16/h1-2,4,6,8-10,16H,3,5,7,11H2,(H,21,23)/t16-/m0/s1. The van der Waals surface area contributed by atoms with Crippen LogP contribution in [0, 0.1) is 10.1 Å². The van der Waals surface area contributed by atoms with Crippen molar-refractivity contribution < 1.29 is 19.2 Å². The predicted molar refractivity (Wildman–Crippen MR) is 98.7 cm³/mol. The van der Waals surface area contributed by atoms with Crippen LogP contribution < -0.4 is 5.32 Å². The van der Waals surface area contributed by atoms with E-state index < -0.39 is 29.1 Å². The summed E-state index contributed by atoms with van der Waals surface area (Å²) in [7, 11) is 0. The zero-order valence-corrected chi connectivity index (χ0v) is 15.1. The first-order chi connectivity index (χ1) is 13.0. The topological polar surface area (TPSA) is 98.5 Å². The molecule has 0 saturated carbocycles. The third-order valence-electron chi connectivity index (χ3n) is 4.41. The van der Waals surface area contributed by atoms with Crippen molar-refractivity contribution in [2.24, 2.45) is 0 Å². The lowest BCUT2D eigenvalue weighted by Gasteiger charge is -2.26. The van der Waals surface area contributed by atoms with Gasteiger partial charge in [0.25, 0.3) is 11.6 Å². The molecule has 0 saturated heterocycles. The Labute approximate surface area is 160 Å². The SMILES string of the molecule is O=C(COC(=O)c1cc(Cl)ccc1[N+](=O)[O-])N[C@H]1CCCc2ccccc21. The number of fused-ring (bicyclic) bond motifs is 1. The van der Waals surface area contributed by atoms with Gasteiger partial charge in [-0.3, -0.25) is 14.9 Å². The molecule has 2 aromatic rings. The number of amides is 1. The Kier molecular flexibility index (Phi) is 5.71. The monoisotopic (exact) mass is 388 g/mol. The number of carbonyl (C=O) groups is 2. The molecule has 1 aliphatic carbocycles. The summed E-state index contributed by atoms with van der Waals surface area (Å²) >= 11 is 5.80. The summed E-state index contributed by atoms with van der Waals surface area (Å²) in [4.78, 5) is 34.7. The van der Waals surface area contributed by atoms with Crippen LogP contribution in [0.15, 0.2) is 42.5 Å². The molecular weight excluding hydrogens is 372 g/mol. The summed E-state index contributed by atoms with van der Waals surface area (Å²) < 4.78 is 4.95. The molecule has 3 rings (SSSR count). The Hall–Kier alpha value is -2.93. The summed E-state index contributed by atoms with van der Waals surface area (Å²) in [6.45, 7) is -0.527. The van der Waals surface area contributed by atoms with Gasteiger partial charge in [-0.25, -0.2) is 4.79 Å². The van der Waals surface area contributed by atoms with Gasteiger partial charge in [0.05, 0.1) is 11.0 Å². The fourth-order valence-electron chi connectivity index (χ4n) is 3.18. The summed E-state index contributed by atoms with van der Waals surface area (Å²) in [5.41, 5.74) is 1.55. The van der Waals surface area contributed by atoms with Crippen molar-refractivity contribution in [1.82, 2.24) is 5.32 Å². The van der Waals surface area contributed by atoms with E-state index >= 15 is 0 Å². The van der Waals surface area contributed by atoms with Gasteiger partial charge in [-0.15, -0.1) is 0 Å². The lowest BCUT2D eigenvalue weighted by atomic mass is 9.88. The number of carbonyl (C=O) groups excluding carboxylic acids is 2. The highest BCUT2D eigenvalue weighted by molar-refractivity contribution is 6.31. The maximum atomic E-state index is 12.2. The largest absolute Gasteiger partial charge is 0.452 e. The highest BCUT2D eigenvalue weighted by Gasteiger charge is 2.24. The molecule has 0 bridgehead atoms. The van der Waals surface area contributed by atoms with Crippen LogP contribution >= 0.6 is 11.6 Å². The number of nitrogens with zero attached hydrogens (tertiary/aromatic N) is 1. The second-order valence-corrected chi connectivity index (χ2v) is 6.64. The maximum Gasteiger partial charge on any atom is 0.345 e. The fraction of sp³-hybridized carbons (Fsp3) is 0.263. The van der Waals surface area contributed by atoms with Crippen molar-refractivity contribution in [3.63, 3.8) is 0 Å². The Morgan fingerprint density at radius 2 is 2.04 bits per heavy atom. The Morgan fingerprint density at radius 3 is 2.81 bits per heavy atom. The van der Waals surface area contributed by atoms with Crippen LogP contribution in [0.5, 0.6) is 0 Å². The number of hydrogen-bond donors (Lipinski definition) is 1. The zero-order valence-electron chi connectivity index (χ0n) is 14.3. The number of hydrogen-bond acceptors (Lipinski definition) is 5. The van der Waals surface area contributed by atoms with E-state index in [1.165, 1.54) is 11.6 Å². The van der Waals surface area contributed by atoms with Crippen LogP contribution in [-0.2, 0) is 16.0 Å². The van der Waals surface area contributed by atoms with E-state index in [4.69, 9.17) is 16.3 Å². The van der Waals surface area contributed by atoms with Gasteiger partial charge in [-0.1, -0.05) is 35.9 Å². The third kappa shape index (κ3) is 4.43. The number of halogens is 1. The fourth-order valence-corrected chi connectivity index (χ4v) is 3.35. The van der Waals surface area contributed by atoms with E-state index in [0.717, 1.165) is 37.0 Å². The normalized spacial score (nSPS) is 15.5. The predicted octanol–water partition coefficient (Wildman–Crippen LogP) is 3.60. The number of aryl methyl sites for hydroxylation is 1. The summed E-state index contributed by atoms with van der Waals surface area (Å²) in [5.74, 6) is -1.43. The number of ether oxygens (including phenoxy) is 1. The summed E-state index contributed by atoms with van der Waals surface area (Å²) in [5, 5.41) is 14.0. The first kappa shape index (κ1) is 18.8. The molecule has 27 heavy (non-hydrogen) atoms. The van der Waals surface area contributed by atoms with Crippen molar-refractivity contribution in [3.05, 3.63) is 74.3 Å². The Morgan fingerprint density at radius 1 is 1.26 bits per heavy atom. The number of nitro benzene ring substituents is 1. The minimum absolute atomic E-state index is 0.137. The van der Waals surface area contributed by atoms with Crippen LogP contribution in [0.1, 0.15) is 40.4 Å². The smallest absolute Gasteiger partial charge is 0.345 e. The highest BCUT2D eigenvalue weighted by Crippen LogP contribution is 2.29. The molecule has 0 aliphatic heterocycles. The maximum absolute atomic E-state index is 12.2. The number of rotatable bonds is 5. The Balaban J connectivity index is 1.63. The molecule has 2 aromatic carbocycles. The van der Waals surface area contributed by atoms with E-state index in [-0.39, 0.29) is 16.6 Å². The zero-order chi connectivity index (χ0) is 19.4. The summed E-state index contributed by atoms with van der Waals surface area (Å²) in [6, 6.07) is 11.3. The minimum atomic E-state index is -0.969. The van der Waals surface area contributed by atoms with Crippen molar-refractivity contribution in [1.29, 1.82) is 0 Å². The number of nitro groups is 1. The molecule has 1 N–H and O–H groups in total. The quantitative estimate of drug-likeness (QED) is 0.479. The molecular formula is C19H17ClN2O5. The molecule has 7 nitrogen and oxygen atoms in total. The lowest BCUT2D eigenvalue weighted by molar-refractivity contribution is -0.385. The minimum Gasteiger partial charge on any atom is -0.452 e. The average molecular weight is 389 g/mol. The van der Waals surface area contributed by atoms with Crippen LogP contribution in [0.25, 0.3) is 0 Å². The number of esters is 1. The van der Waals surface area contributed by atoms with Gasteiger partial charge in [0.2, 0.25) is 0 Å². The van der Waals surface area contributed by atoms with Gasteiger partial charge in [0.15, 0.2) is 6.61 Å². The molecule has 0 aromatic heterocycles. The van der Waals surface area contributed by atoms with Crippen LogP contribution in [-0.4, -0.2) is 23.4 Å². The molecule has 1 aliphatic rings. The van der Waals surface area contributed by atoms with Crippen molar-refractivity contribution >= 4 is 29.2 Å². The molecule has 0 heterocycles. The van der Waals surface area contributed by atoms with E-state index in [2.05, 4.69) is 5.32 Å². The second kappa shape index (κ2) is 8.18. The first-order valence-corrected chi connectivity index (χ1v) is 8.81. The van der Waals surface area contributed by atoms with Crippen molar-refractivity contribution in [2.45, 2.75) is 25.3 Å². The van der Waals surface area contributed by atoms with Gasteiger partial charge < -0.3 is 10.1 Å². The van der Waals surface area contributed by atoms with E-state index in [0.29, 0.717) is 0 Å². The number of benzene rings is 2. The first-order valence-electron chi connectivity index (χ1n) is 8.44. The van der Waals surface area contributed by atoms with Gasteiger partial charge in [-0.05, 0) is 42.5 Å². The molecule has 0 radical (unpaired) electrons. The van der Waals surface area contributed by atoms with Crippen LogP contribution in [0.2, 0.25) is 5.02 Å². The third-order valence-corrected chi connectivity index (χ3v) is 4.65. The molecule has 0 spiro atoms. The van der Waals surface area contributed by atoms with E-state index in [9.17, 15) is 19.7 Å². The van der Waals surface area contributed by atoms with Crippen LogP contribution in [0.4, 0.5) is 5.69 Å². The second-order valence-electron chi connectivity index (χ2n) is 6.21. The van der Waals surface area contributed by atoms with Gasteiger partial charge >= 0.3 is 5.97 Å². The van der Waals surface area contributed by atoms with Gasteiger partial charge in [0.1, 0.15) is 5.56 Å². The molecule has 140 valence electrons. The molecule has 0 fully saturated rings. The van der Waals surface area contributed by atoms with E-state index in [1.807, 2.05) is 24.3 Å². The molecule has 8 heteroatoms. The van der Waals surface area contributed by atoms with Gasteiger partial charge in [-0.2, -0.15) is 0 Å². The number of nitrogens with one attached hydrogen (secondary N) is 1. The van der Waals surface area contributed by atoms with E-state index in [1.54, 1.807) is 0 Å². The van der Waals surface area contributed by atoms with Crippen molar-refractivity contribution in [3.8, 4) is 0 Å². The van der Waals surface area contributed by atoms with Gasteiger partial charge in [0, 0.05) is 11.1 Å². The molecule has 1 atom stereocenters. The van der Waals surface area contributed by atoms with Crippen LogP contribution in [0.3, 0.4) is 0 Å². The molecule has 1 amide bonds. The lowest BCUT2D eigenvalue weighted by Crippen LogP contribution is -2.34. The molecule has 0 unspecified atom stereocenters. The Bertz CT molecular complexity index is 899. The van der Waals surface area contributed by atoms with Crippen molar-refractivity contribution in [2.75, 3.05) is 6.61 Å². The highest BCUT2D eigenvalue weighted by atomic mass is 35.5.